The first-order chi connectivity index (χ1) is 14.1. The Kier molecular flexibility index (Phi) is 8.36. The summed E-state index contributed by atoms with van der Waals surface area (Å²) in [5, 5.41) is 12.9. The lowest BCUT2D eigenvalue weighted by Crippen LogP contribution is -2.19. The Bertz CT molecular complexity index is 985. The molecule has 0 aliphatic carbocycles. The summed E-state index contributed by atoms with van der Waals surface area (Å²) in [4.78, 5) is 11.9. The zero-order valence-electron chi connectivity index (χ0n) is 15.4. The number of benzene rings is 1. The largest absolute Gasteiger partial charge is 0.465 e. The number of nitrogens with zero attached hydrogens (tertiary/aromatic N) is 3. The van der Waals surface area contributed by atoms with E-state index in [-0.39, 0.29) is 11.7 Å². The average Bonchev–Trinajstić information content (AvgIpc) is 3.38. The molecule has 10 heteroatoms. The molecule has 0 radical (unpaired) electrons. The number of hydrogen-bond donors (Lipinski definition) is 1. The van der Waals surface area contributed by atoms with Gasteiger partial charge in [0, 0.05) is 10.8 Å². The topological polar surface area (TPSA) is 80.4 Å². The molecule has 29 heavy (non-hydrogen) atoms. The minimum absolute atomic E-state index is 0.206. The molecular weight excluding hydrogens is 448 g/mol. The molecule has 1 amide bonds. The number of rotatable bonds is 9. The fourth-order valence-corrected chi connectivity index (χ4v) is 4.93. The highest BCUT2D eigenvalue weighted by atomic mass is 35.5. The minimum atomic E-state index is -0.206. The third-order valence-electron chi connectivity index (χ3n) is 3.36. The maximum Gasteiger partial charge on any atom is 0.250 e. The number of carbonyl (C=O) groups excluding carboxylic acids is 1. The number of furan rings is 1. The molecule has 2 aromatic heterocycles. The molecule has 0 bridgehead atoms. The number of hydrogen-bond acceptors (Lipinski definition) is 8. The van der Waals surface area contributed by atoms with Crippen molar-refractivity contribution < 1.29 is 9.21 Å². The van der Waals surface area contributed by atoms with Crippen LogP contribution >= 0.6 is 46.5 Å². The first-order valence-electron chi connectivity index (χ1n) is 8.46. The van der Waals surface area contributed by atoms with E-state index in [4.69, 9.17) is 16.0 Å². The first-order valence-corrected chi connectivity index (χ1v) is 11.6. The Labute approximate surface area is 185 Å². The van der Waals surface area contributed by atoms with Gasteiger partial charge in [0.05, 0.1) is 18.2 Å². The normalized spacial score (nSPS) is 11.9. The molecule has 3 aromatic rings. The van der Waals surface area contributed by atoms with Gasteiger partial charge in [-0.25, -0.2) is 5.43 Å². The van der Waals surface area contributed by atoms with E-state index in [0.717, 1.165) is 36.4 Å². The van der Waals surface area contributed by atoms with Crippen LogP contribution in [0.1, 0.15) is 18.2 Å². The summed E-state index contributed by atoms with van der Waals surface area (Å²) in [5.41, 5.74) is 4.52. The van der Waals surface area contributed by atoms with E-state index >= 15 is 0 Å². The Morgan fingerprint density at radius 2 is 2.00 bits per heavy atom. The van der Waals surface area contributed by atoms with Crippen molar-refractivity contribution in [2.24, 2.45) is 5.10 Å². The molecule has 2 heterocycles. The van der Waals surface area contributed by atoms with E-state index in [1.165, 1.54) is 23.1 Å². The number of nitrogens with one attached hydrogen (secondary N) is 1. The lowest BCUT2D eigenvalue weighted by Gasteiger charge is -1.98. The van der Waals surface area contributed by atoms with Crippen molar-refractivity contribution in [1.29, 1.82) is 0 Å². The van der Waals surface area contributed by atoms with Gasteiger partial charge in [-0.05, 0) is 48.4 Å². The van der Waals surface area contributed by atoms with Gasteiger partial charge < -0.3 is 4.42 Å². The molecule has 0 aliphatic rings. The Hall–Kier alpha value is -2.07. The van der Waals surface area contributed by atoms with Crippen LogP contribution in [0.15, 0.2) is 66.4 Å². The van der Waals surface area contributed by atoms with Gasteiger partial charge in [-0.1, -0.05) is 58.6 Å². The molecule has 0 aliphatic heterocycles. The van der Waals surface area contributed by atoms with Crippen LogP contribution < -0.4 is 5.43 Å². The highest BCUT2D eigenvalue weighted by Gasteiger charge is 2.08. The molecule has 0 saturated heterocycles. The standard InChI is InChI=1S/C19H17ClN4O2S3/c1-13(9-16-3-2-8-26-16)10-21-22-17(25)12-28-19-24-23-18(29-19)27-11-14-4-6-15(20)7-5-14/h2-10H,11-12H2,1H3,(H,22,25)/b13-9+,21-10-. The van der Waals surface area contributed by atoms with Crippen molar-refractivity contribution >= 4 is 64.7 Å². The number of halogens is 1. The van der Waals surface area contributed by atoms with Gasteiger partial charge in [0.15, 0.2) is 8.68 Å². The third kappa shape index (κ3) is 7.69. The van der Waals surface area contributed by atoms with E-state index in [9.17, 15) is 4.79 Å². The summed E-state index contributed by atoms with van der Waals surface area (Å²) < 4.78 is 6.83. The Balaban J connectivity index is 1.39. The highest BCUT2D eigenvalue weighted by Crippen LogP contribution is 2.30. The van der Waals surface area contributed by atoms with E-state index in [1.54, 1.807) is 24.2 Å². The summed E-state index contributed by atoms with van der Waals surface area (Å²) in [6.07, 6.45) is 5.00. The maximum atomic E-state index is 11.9. The second-order valence-corrected chi connectivity index (χ2v) is 9.59. The fraction of sp³-hybridized carbons (Fsp3) is 0.158. The van der Waals surface area contributed by atoms with E-state index in [2.05, 4.69) is 20.7 Å². The van der Waals surface area contributed by atoms with Crippen molar-refractivity contribution in [3.8, 4) is 0 Å². The van der Waals surface area contributed by atoms with Gasteiger partial charge in [0.25, 0.3) is 5.91 Å². The predicted molar refractivity (Wildman–Crippen MR) is 121 cm³/mol. The second kappa shape index (κ2) is 11.2. The maximum absolute atomic E-state index is 11.9. The van der Waals surface area contributed by atoms with Gasteiger partial charge in [-0.15, -0.1) is 10.2 Å². The number of carbonyl (C=O) groups is 1. The van der Waals surface area contributed by atoms with Crippen LogP contribution in [0.3, 0.4) is 0 Å². The zero-order valence-corrected chi connectivity index (χ0v) is 18.6. The van der Waals surface area contributed by atoms with Crippen molar-refractivity contribution in [2.45, 2.75) is 21.4 Å². The van der Waals surface area contributed by atoms with E-state index in [1.807, 2.05) is 49.4 Å². The van der Waals surface area contributed by atoms with Crippen LogP contribution in [0.25, 0.3) is 6.08 Å². The lowest BCUT2D eigenvalue weighted by atomic mass is 10.2. The van der Waals surface area contributed by atoms with Gasteiger partial charge in [0.2, 0.25) is 0 Å². The molecular formula is C19H17ClN4O2S3. The molecule has 0 saturated carbocycles. The van der Waals surface area contributed by atoms with Gasteiger partial charge in [-0.3, -0.25) is 4.79 Å². The van der Waals surface area contributed by atoms with E-state index < -0.39 is 0 Å². The molecule has 6 nitrogen and oxygen atoms in total. The van der Waals surface area contributed by atoms with Crippen molar-refractivity contribution in [3.63, 3.8) is 0 Å². The Morgan fingerprint density at radius 3 is 2.72 bits per heavy atom. The van der Waals surface area contributed by atoms with Gasteiger partial charge in [0.1, 0.15) is 5.76 Å². The summed E-state index contributed by atoms with van der Waals surface area (Å²) >= 11 is 10.3. The quantitative estimate of drug-likeness (QED) is 0.260. The van der Waals surface area contributed by atoms with Crippen LogP contribution in [0.5, 0.6) is 0 Å². The number of allylic oxidation sites excluding steroid dienone is 1. The smallest absolute Gasteiger partial charge is 0.250 e. The summed E-state index contributed by atoms with van der Waals surface area (Å²) in [7, 11) is 0. The molecule has 0 atom stereocenters. The van der Waals surface area contributed by atoms with Crippen molar-refractivity contribution in [1.82, 2.24) is 15.6 Å². The summed E-state index contributed by atoms with van der Waals surface area (Å²) in [6, 6.07) is 11.4. The zero-order chi connectivity index (χ0) is 20.5. The molecule has 0 spiro atoms. The lowest BCUT2D eigenvalue weighted by molar-refractivity contribution is -0.118. The third-order valence-corrected chi connectivity index (χ3v) is 6.87. The van der Waals surface area contributed by atoms with Crippen LogP contribution in [0.2, 0.25) is 5.02 Å². The molecule has 1 N–H and O–H groups in total. The first kappa shape index (κ1) is 21.6. The van der Waals surface area contributed by atoms with Crippen LogP contribution in [0.4, 0.5) is 0 Å². The molecule has 0 fully saturated rings. The van der Waals surface area contributed by atoms with Crippen LogP contribution in [-0.4, -0.2) is 28.1 Å². The molecule has 0 unspecified atom stereocenters. The molecule has 150 valence electrons. The molecule has 1 aromatic carbocycles. The second-order valence-electron chi connectivity index (χ2n) is 5.73. The number of aromatic nitrogens is 2. The van der Waals surface area contributed by atoms with Gasteiger partial charge >= 0.3 is 0 Å². The number of amides is 1. The fourth-order valence-electron chi connectivity index (χ4n) is 2.04. The highest BCUT2D eigenvalue weighted by molar-refractivity contribution is 8.03. The van der Waals surface area contributed by atoms with Crippen molar-refractivity contribution in [2.75, 3.05) is 5.75 Å². The Morgan fingerprint density at radius 1 is 1.24 bits per heavy atom. The van der Waals surface area contributed by atoms with E-state index in [0.29, 0.717) is 0 Å². The summed E-state index contributed by atoms with van der Waals surface area (Å²) in [5.74, 6) is 1.53. The SMILES string of the molecule is CC(/C=N\NC(=O)CSc1nnc(SCc2ccc(Cl)cc2)s1)=C\c1ccco1. The van der Waals surface area contributed by atoms with Crippen LogP contribution in [0, 0.1) is 0 Å². The summed E-state index contributed by atoms with van der Waals surface area (Å²) in [6.45, 7) is 1.87. The molecule has 3 rings (SSSR count). The van der Waals surface area contributed by atoms with Gasteiger partial charge in [-0.2, -0.15) is 5.10 Å². The number of hydrazone groups is 1. The number of thioether (sulfide) groups is 2. The minimum Gasteiger partial charge on any atom is -0.465 e. The van der Waals surface area contributed by atoms with Crippen LogP contribution in [-0.2, 0) is 10.5 Å². The predicted octanol–water partition coefficient (Wildman–Crippen LogP) is 5.37. The average molecular weight is 465 g/mol. The van der Waals surface area contributed by atoms with Crippen molar-refractivity contribution in [3.05, 3.63) is 64.6 Å². The monoisotopic (exact) mass is 464 g/mol.